The van der Waals surface area contributed by atoms with Gasteiger partial charge in [-0.05, 0) is 44.0 Å². The van der Waals surface area contributed by atoms with Crippen molar-refractivity contribution in [2.24, 2.45) is 10.2 Å². The Bertz CT molecular complexity index is 1510. The van der Waals surface area contributed by atoms with Gasteiger partial charge in [0, 0.05) is 16.8 Å². The molecule has 0 aliphatic rings. The van der Waals surface area contributed by atoms with Gasteiger partial charge in [0.2, 0.25) is 5.88 Å². The number of hydrogen-bond acceptors (Lipinski definition) is 7. The van der Waals surface area contributed by atoms with E-state index in [4.69, 9.17) is 0 Å². The molecule has 0 bridgehead atoms. The molecule has 10 heteroatoms. The van der Waals surface area contributed by atoms with E-state index >= 15 is 0 Å². The summed E-state index contributed by atoms with van der Waals surface area (Å²) in [5, 5.41) is 34.0. The molecular formula is C22H20N4O5S. The smallest absolute Gasteiger partial charge is 0.295 e. The van der Waals surface area contributed by atoms with Crippen molar-refractivity contribution in [3.63, 3.8) is 0 Å². The molecule has 32 heavy (non-hydrogen) atoms. The molecule has 0 aliphatic heterocycles. The summed E-state index contributed by atoms with van der Waals surface area (Å²) < 4.78 is 34.3. The topological polar surface area (TPSA) is 137 Å². The molecule has 0 saturated heterocycles. The summed E-state index contributed by atoms with van der Waals surface area (Å²) in [7, 11) is -4.57. The van der Waals surface area contributed by atoms with Crippen LogP contribution in [0.2, 0.25) is 0 Å². The largest absolute Gasteiger partial charge is 0.506 e. The SMILES string of the molecule is Cc1ccc(-n2nc(C)c(/N=N/c3c(O)cc(S(=O)(=O)O)c4ccccc34)c2O)cc1C. The Labute approximate surface area is 184 Å². The predicted octanol–water partition coefficient (Wildman–Crippen LogP) is 5.02. The van der Waals surface area contributed by atoms with Crippen molar-refractivity contribution in [3.05, 3.63) is 65.4 Å². The quantitative estimate of drug-likeness (QED) is 0.293. The second-order valence-electron chi connectivity index (χ2n) is 7.40. The van der Waals surface area contributed by atoms with Crippen molar-refractivity contribution in [2.75, 3.05) is 0 Å². The fourth-order valence-electron chi connectivity index (χ4n) is 3.39. The third kappa shape index (κ3) is 3.70. The van der Waals surface area contributed by atoms with E-state index in [1.807, 2.05) is 32.0 Å². The summed E-state index contributed by atoms with van der Waals surface area (Å²) in [6, 6.07) is 12.8. The minimum absolute atomic E-state index is 0.00858. The Kier molecular flexibility index (Phi) is 5.19. The number of aryl methyl sites for hydroxylation is 3. The molecule has 0 fully saturated rings. The van der Waals surface area contributed by atoms with Gasteiger partial charge >= 0.3 is 0 Å². The van der Waals surface area contributed by atoms with Gasteiger partial charge in [-0.2, -0.15) is 18.2 Å². The lowest BCUT2D eigenvalue weighted by atomic mass is 10.1. The lowest BCUT2D eigenvalue weighted by molar-refractivity contribution is 0.434. The van der Waals surface area contributed by atoms with Gasteiger partial charge in [-0.25, -0.2) is 0 Å². The molecule has 0 radical (unpaired) electrons. The van der Waals surface area contributed by atoms with E-state index in [0.717, 1.165) is 17.2 Å². The molecule has 164 valence electrons. The summed E-state index contributed by atoms with van der Waals surface area (Å²) in [5.74, 6) is -0.716. The maximum absolute atomic E-state index is 11.7. The van der Waals surface area contributed by atoms with Gasteiger partial charge in [-0.3, -0.25) is 4.55 Å². The number of aromatic hydroxyl groups is 2. The molecule has 3 aromatic carbocycles. The van der Waals surface area contributed by atoms with E-state index in [-0.39, 0.29) is 28.0 Å². The van der Waals surface area contributed by atoms with Crippen molar-refractivity contribution in [1.82, 2.24) is 9.78 Å². The molecule has 4 aromatic rings. The highest BCUT2D eigenvalue weighted by atomic mass is 32.2. The van der Waals surface area contributed by atoms with Gasteiger partial charge in [0.1, 0.15) is 16.3 Å². The summed E-state index contributed by atoms with van der Waals surface area (Å²) in [6.07, 6.45) is 0. The molecule has 0 unspecified atom stereocenters. The van der Waals surface area contributed by atoms with Gasteiger partial charge in [0.15, 0.2) is 5.69 Å². The summed E-state index contributed by atoms with van der Waals surface area (Å²) in [5.41, 5.74) is 3.29. The van der Waals surface area contributed by atoms with E-state index in [0.29, 0.717) is 11.4 Å². The lowest BCUT2D eigenvalue weighted by Gasteiger charge is -2.08. The number of azo groups is 1. The van der Waals surface area contributed by atoms with Crippen LogP contribution in [0.3, 0.4) is 0 Å². The molecule has 0 atom stereocenters. The van der Waals surface area contributed by atoms with Crippen molar-refractivity contribution < 1.29 is 23.2 Å². The number of nitrogens with zero attached hydrogens (tertiary/aromatic N) is 4. The number of hydrogen-bond donors (Lipinski definition) is 3. The molecule has 1 heterocycles. The molecule has 0 aliphatic carbocycles. The average molecular weight is 452 g/mol. The van der Waals surface area contributed by atoms with E-state index in [2.05, 4.69) is 15.3 Å². The third-order valence-corrected chi connectivity index (χ3v) is 6.12. The van der Waals surface area contributed by atoms with Crippen LogP contribution in [0, 0.1) is 20.8 Å². The Hall–Kier alpha value is -3.76. The minimum atomic E-state index is -4.57. The summed E-state index contributed by atoms with van der Waals surface area (Å²) >= 11 is 0. The van der Waals surface area contributed by atoms with Crippen molar-refractivity contribution in [2.45, 2.75) is 25.7 Å². The van der Waals surface area contributed by atoms with Crippen LogP contribution in [0.15, 0.2) is 63.7 Å². The third-order valence-electron chi connectivity index (χ3n) is 5.23. The summed E-state index contributed by atoms with van der Waals surface area (Å²) in [6.45, 7) is 5.60. The van der Waals surface area contributed by atoms with Gasteiger partial charge < -0.3 is 10.2 Å². The first kappa shape index (κ1) is 21.5. The van der Waals surface area contributed by atoms with Crippen LogP contribution in [0.4, 0.5) is 11.4 Å². The van der Waals surface area contributed by atoms with E-state index in [9.17, 15) is 23.2 Å². The van der Waals surface area contributed by atoms with Crippen molar-refractivity contribution in [1.29, 1.82) is 0 Å². The first-order valence-corrected chi connectivity index (χ1v) is 11.0. The highest BCUT2D eigenvalue weighted by Gasteiger charge is 2.20. The second-order valence-corrected chi connectivity index (χ2v) is 8.79. The standard InChI is InChI=1S/C22H20N4O5S/c1-12-8-9-15(10-13(12)2)26-22(28)20(14(3)25-26)23-24-21-17-7-5-4-6-16(17)19(11-18(21)27)32(29,30)31/h4-11,27-28H,1-3H3,(H,29,30,31)/b24-23+. The van der Waals surface area contributed by atoms with Crippen LogP contribution in [0.5, 0.6) is 11.6 Å². The van der Waals surface area contributed by atoms with Crippen molar-refractivity contribution in [3.8, 4) is 17.3 Å². The zero-order chi connectivity index (χ0) is 23.2. The molecule has 3 N–H and O–H groups in total. The number of benzene rings is 3. The van der Waals surface area contributed by atoms with E-state index in [1.54, 1.807) is 25.1 Å². The molecule has 0 saturated carbocycles. The number of rotatable bonds is 4. The van der Waals surface area contributed by atoms with Crippen LogP contribution in [-0.4, -0.2) is 33.0 Å². The molecule has 0 spiro atoms. The normalized spacial score (nSPS) is 12.1. The van der Waals surface area contributed by atoms with Gasteiger partial charge in [-0.1, -0.05) is 30.3 Å². The number of phenolic OH excluding ortho intramolecular Hbond substituents is 1. The first-order chi connectivity index (χ1) is 15.1. The van der Waals surface area contributed by atoms with Crippen LogP contribution in [-0.2, 0) is 10.1 Å². The fourth-order valence-corrected chi connectivity index (χ4v) is 4.11. The van der Waals surface area contributed by atoms with Crippen LogP contribution in [0.25, 0.3) is 16.5 Å². The van der Waals surface area contributed by atoms with Crippen molar-refractivity contribution >= 4 is 32.3 Å². The highest BCUT2D eigenvalue weighted by Crippen LogP contribution is 2.41. The minimum Gasteiger partial charge on any atom is -0.506 e. The highest BCUT2D eigenvalue weighted by molar-refractivity contribution is 7.86. The summed E-state index contributed by atoms with van der Waals surface area (Å²) in [4.78, 5) is -0.439. The maximum atomic E-state index is 11.7. The molecular weight excluding hydrogens is 432 g/mol. The maximum Gasteiger partial charge on any atom is 0.295 e. The average Bonchev–Trinajstić information content (AvgIpc) is 3.02. The Morgan fingerprint density at radius 1 is 0.875 bits per heavy atom. The zero-order valence-corrected chi connectivity index (χ0v) is 18.3. The molecule has 9 nitrogen and oxygen atoms in total. The predicted molar refractivity (Wildman–Crippen MR) is 119 cm³/mol. The fraction of sp³-hybridized carbons (Fsp3) is 0.136. The number of fused-ring (bicyclic) bond motifs is 1. The Balaban J connectivity index is 1.84. The van der Waals surface area contributed by atoms with Gasteiger partial charge in [0.25, 0.3) is 10.1 Å². The zero-order valence-electron chi connectivity index (χ0n) is 17.5. The molecule has 0 amide bonds. The first-order valence-electron chi connectivity index (χ1n) is 9.58. The molecule has 1 aromatic heterocycles. The van der Waals surface area contributed by atoms with Gasteiger partial charge in [0.05, 0.1) is 11.4 Å². The Morgan fingerprint density at radius 3 is 2.19 bits per heavy atom. The van der Waals surface area contributed by atoms with E-state index < -0.39 is 20.8 Å². The number of phenols is 1. The Morgan fingerprint density at radius 2 is 1.53 bits per heavy atom. The monoisotopic (exact) mass is 452 g/mol. The van der Waals surface area contributed by atoms with E-state index in [1.165, 1.54) is 10.7 Å². The number of aromatic nitrogens is 2. The van der Waals surface area contributed by atoms with Gasteiger partial charge in [-0.15, -0.1) is 10.2 Å². The van der Waals surface area contributed by atoms with Crippen LogP contribution in [0.1, 0.15) is 16.8 Å². The lowest BCUT2D eigenvalue weighted by Crippen LogP contribution is -1.99. The molecule has 4 rings (SSSR count). The van der Waals surface area contributed by atoms with Crippen LogP contribution < -0.4 is 0 Å². The second kappa shape index (κ2) is 7.74. The van der Waals surface area contributed by atoms with Crippen LogP contribution >= 0.6 is 0 Å².